The first-order valence-corrected chi connectivity index (χ1v) is 18.1. The van der Waals surface area contributed by atoms with Crippen molar-refractivity contribution in [2.24, 2.45) is 5.92 Å². The van der Waals surface area contributed by atoms with Crippen LogP contribution in [0.15, 0.2) is 54.6 Å². The summed E-state index contributed by atoms with van der Waals surface area (Å²) in [6, 6.07) is 15.4. The molecule has 280 valence electrons. The fourth-order valence-electron chi connectivity index (χ4n) is 6.20. The summed E-state index contributed by atoms with van der Waals surface area (Å²) in [7, 11) is 3.14. The smallest absolute Gasteiger partial charge is 0.410 e. The zero-order chi connectivity index (χ0) is 37.6. The van der Waals surface area contributed by atoms with Crippen molar-refractivity contribution in [2.75, 3.05) is 40.5 Å². The van der Waals surface area contributed by atoms with E-state index in [1.807, 2.05) is 30.0 Å². The number of halogens is 2. The summed E-state index contributed by atoms with van der Waals surface area (Å²) in [6.45, 7) is 8.47. The molecule has 1 aliphatic heterocycles. The number of aryl methyl sites for hydroxylation is 1. The number of hydrogen-bond acceptors (Lipinski definition) is 8. The van der Waals surface area contributed by atoms with Crippen LogP contribution < -0.4 is 24.3 Å². The van der Waals surface area contributed by atoms with Crippen LogP contribution in [0.4, 0.5) is 4.79 Å². The molecule has 1 heterocycles. The summed E-state index contributed by atoms with van der Waals surface area (Å²) in [5.74, 6) is 0.896. The Morgan fingerprint density at radius 2 is 1.58 bits per heavy atom. The van der Waals surface area contributed by atoms with Crippen molar-refractivity contribution < 1.29 is 38.1 Å². The third-order valence-corrected chi connectivity index (χ3v) is 9.41. The molecule has 1 saturated heterocycles. The van der Waals surface area contributed by atoms with Crippen LogP contribution in [0.2, 0.25) is 10.0 Å². The molecule has 52 heavy (non-hydrogen) atoms. The van der Waals surface area contributed by atoms with E-state index in [0.29, 0.717) is 58.1 Å². The van der Waals surface area contributed by atoms with Crippen molar-refractivity contribution >= 4 is 41.1 Å². The van der Waals surface area contributed by atoms with E-state index in [1.165, 1.54) is 0 Å². The van der Waals surface area contributed by atoms with E-state index in [9.17, 15) is 14.4 Å². The number of benzene rings is 3. The van der Waals surface area contributed by atoms with Gasteiger partial charge < -0.3 is 38.8 Å². The SMILES string of the molecule is COc1cccc(CN(C(=O)C2CN(C(=O)OC(C)(C)C)CC[C@@H]2NC(=O)c2ccc(OCCOc3c(Cl)cc(C)cc3Cl)cc2)C2CC2)c1OC. The van der Waals surface area contributed by atoms with Crippen molar-refractivity contribution in [1.29, 1.82) is 0 Å². The molecule has 1 aliphatic carbocycles. The van der Waals surface area contributed by atoms with Gasteiger partial charge in [-0.05, 0) is 95.0 Å². The lowest BCUT2D eigenvalue weighted by Gasteiger charge is -2.40. The van der Waals surface area contributed by atoms with Crippen LogP contribution in [0, 0.1) is 12.8 Å². The number of carbonyl (C=O) groups excluding carboxylic acids is 3. The Balaban J connectivity index is 1.27. The summed E-state index contributed by atoms with van der Waals surface area (Å²) in [6.07, 6.45) is 1.61. The van der Waals surface area contributed by atoms with Gasteiger partial charge in [0.15, 0.2) is 17.2 Å². The van der Waals surface area contributed by atoms with Crippen molar-refractivity contribution in [1.82, 2.24) is 15.1 Å². The van der Waals surface area contributed by atoms with Crippen LogP contribution >= 0.6 is 23.2 Å². The maximum absolute atomic E-state index is 14.5. The predicted molar refractivity (Wildman–Crippen MR) is 199 cm³/mol. The zero-order valence-electron chi connectivity index (χ0n) is 30.5. The quantitative estimate of drug-likeness (QED) is 0.181. The molecule has 3 aromatic rings. The summed E-state index contributed by atoms with van der Waals surface area (Å²) in [5, 5.41) is 3.96. The molecule has 1 N–H and O–H groups in total. The van der Waals surface area contributed by atoms with Crippen LogP contribution in [0.1, 0.15) is 61.5 Å². The van der Waals surface area contributed by atoms with Crippen molar-refractivity contribution in [2.45, 2.75) is 71.2 Å². The summed E-state index contributed by atoms with van der Waals surface area (Å²) >= 11 is 12.5. The lowest BCUT2D eigenvalue weighted by Crippen LogP contribution is -2.58. The monoisotopic (exact) mass is 755 g/mol. The Morgan fingerprint density at radius 3 is 2.19 bits per heavy atom. The number of carbonyl (C=O) groups is 3. The largest absolute Gasteiger partial charge is 0.493 e. The summed E-state index contributed by atoms with van der Waals surface area (Å²) < 4.78 is 28.4. The van der Waals surface area contributed by atoms with E-state index in [0.717, 1.165) is 24.0 Å². The second-order valence-electron chi connectivity index (χ2n) is 14.0. The first-order chi connectivity index (χ1) is 24.8. The second-order valence-corrected chi connectivity index (χ2v) is 14.8. The van der Waals surface area contributed by atoms with Gasteiger partial charge in [-0.25, -0.2) is 4.79 Å². The van der Waals surface area contributed by atoms with Crippen LogP contribution in [-0.4, -0.2) is 85.9 Å². The van der Waals surface area contributed by atoms with E-state index >= 15 is 0 Å². The highest BCUT2D eigenvalue weighted by molar-refractivity contribution is 6.37. The number of para-hydroxylation sites is 1. The van der Waals surface area contributed by atoms with Gasteiger partial charge in [-0.15, -0.1) is 0 Å². The van der Waals surface area contributed by atoms with Gasteiger partial charge in [0.05, 0.1) is 30.2 Å². The molecule has 3 amide bonds. The molecule has 11 nitrogen and oxygen atoms in total. The Labute approximate surface area is 315 Å². The highest BCUT2D eigenvalue weighted by atomic mass is 35.5. The minimum absolute atomic E-state index is 0.0421. The molecular weight excluding hydrogens is 709 g/mol. The highest BCUT2D eigenvalue weighted by Gasteiger charge is 2.43. The zero-order valence-corrected chi connectivity index (χ0v) is 32.0. The Kier molecular flexibility index (Phi) is 12.7. The minimum atomic E-state index is -0.708. The molecule has 2 fully saturated rings. The molecule has 0 radical (unpaired) electrons. The first-order valence-electron chi connectivity index (χ1n) is 17.4. The Bertz CT molecular complexity index is 1720. The van der Waals surface area contributed by atoms with Gasteiger partial charge in [-0.1, -0.05) is 35.3 Å². The molecule has 0 bridgehead atoms. The third kappa shape index (κ3) is 9.95. The number of likely N-dealkylation sites (tertiary alicyclic amines) is 1. The standard InChI is InChI=1S/C39H47Cl2N3O8/c1-24-20-30(40)35(31(41)21-24)51-19-18-50-28-14-10-25(11-15-28)36(45)42-32-16-17-43(38(47)52-39(2,3)4)23-29(32)37(46)44(27-12-13-27)22-26-8-7-9-33(48-5)34(26)49-6/h7-11,14-15,20-21,27,29,32H,12-13,16-19,22-23H2,1-6H3,(H,42,45)/t29?,32-/m0/s1. The Hall–Kier alpha value is -4.35. The number of nitrogens with one attached hydrogen (secondary N) is 1. The van der Waals surface area contributed by atoms with Gasteiger partial charge in [0, 0.05) is 42.8 Å². The number of hydrogen-bond donors (Lipinski definition) is 1. The molecule has 2 atom stereocenters. The average molecular weight is 757 g/mol. The van der Waals surface area contributed by atoms with Gasteiger partial charge in [-0.3, -0.25) is 9.59 Å². The summed E-state index contributed by atoms with van der Waals surface area (Å²) in [5.41, 5.74) is 1.44. The molecule has 2 aliphatic rings. The van der Waals surface area contributed by atoms with Crippen molar-refractivity contribution in [3.05, 3.63) is 81.3 Å². The maximum atomic E-state index is 14.5. The number of rotatable bonds is 13. The number of ether oxygens (including phenoxy) is 5. The van der Waals surface area contributed by atoms with E-state index in [2.05, 4.69) is 5.32 Å². The lowest BCUT2D eigenvalue weighted by atomic mass is 9.90. The van der Waals surface area contributed by atoms with Crippen molar-refractivity contribution in [3.8, 4) is 23.0 Å². The van der Waals surface area contributed by atoms with E-state index in [4.69, 9.17) is 46.9 Å². The third-order valence-electron chi connectivity index (χ3n) is 8.85. The topological polar surface area (TPSA) is 116 Å². The average Bonchev–Trinajstić information content (AvgIpc) is 3.94. The normalized spacial score (nSPS) is 17.2. The van der Waals surface area contributed by atoms with Crippen LogP contribution in [0.5, 0.6) is 23.0 Å². The highest BCUT2D eigenvalue weighted by Crippen LogP contribution is 2.37. The predicted octanol–water partition coefficient (Wildman–Crippen LogP) is 7.32. The van der Waals surface area contributed by atoms with Crippen LogP contribution in [0.25, 0.3) is 0 Å². The molecule has 0 spiro atoms. The molecular formula is C39H47Cl2N3O8. The van der Waals surface area contributed by atoms with E-state index < -0.39 is 23.7 Å². The van der Waals surface area contributed by atoms with Gasteiger partial charge in [0.1, 0.15) is 24.6 Å². The molecule has 3 aromatic carbocycles. The first kappa shape index (κ1) is 38.9. The van der Waals surface area contributed by atoms with Crippen molar-refractivity contribution in [3.63, 3.8) is 0 Å². The lowest BCUT2D eigenvalue weighted by molar-refractivity contribution is -0.139. The molecule has 0 aromatic heterocycles. The number of methoxy groups -OCH3 is 2. The van der Waals surface area contributed by atoms with E-state index in [1.54, 1.807) is 76.3 Å². The Morgan fingerprint density at radius 1 is 0.904 bits per heavy atom. The number of amides is 3. The van der Waals surface area contributed by atoms with E-state index in [-0.39, 0.29) is 37.6 Å². The van der Waals surface area contributed by atoms with Gasteiger partial charge in [0.2, 0.25) is 5.91 Å². The fraction of sp³-hybridized carbons (Fsp3) is 0.462. The van der Waals surface area contributed by atoms with Gasteiger partial charge in [-0.2, -0.15) is 0 Å². The molecule has 13 heteroatoms. The van der Waals surface area contributed by atoms with Gasteiger partial charge >= 0.3 is 6.09 Å². The summed E-state index contributed by atoms with van der Waals surface area (Å²) in [4.78, 5) is 44.7. The fourth-order valence-corrected chi connectivity index (χ4v) is 6.90. The van der Waals surface area contributed by atoms with Gasteiger partial charge in [0.25, 0.3) is 5.91 Å². The number of piperidine rings is 1. The molecule has 1 unspecified atom stereocenters. The minimum Gasteiger partial charge on any atom is -0.493 e. The van der Waals surface area contributed by atoms with Crippen LogP contribution in [-0.2, 0) is 16.1 Å². The second kappa shape index (κ2) is 17.0. The maximum Gasteiger partial charge on any atom is 0.410 e. The molecule has 1 saturated carbocycles. The number of nitrogens with zero attached hydrogens (tertiary/aromatic N) is 2. The van der Waals surface area contributed by atoms with Crippen LogP contribution in [0.3, 0.4) is 0 Å². The molecule has 5 rings (SSSR count).